The first-order valence-electron chi connectivity index (χ1n) is 7.14. The van der Waals surface area contributed by atoms with Gasteiger partial charge in [-0.2, -0.15) is 13.2 Å². The predicted molar refractivity (Wildman–Crippen MR) is 104 cm³/mol. The highest BCUT2D eigenvalue weighted by Crippen LogP contribution is 2.30. The van der Waals surface area contributed by atoms with E-state index in [4.69, 9.17) is 5.73 Å². The topological polar surface area (TPSA) is 70.6 Å². The highest BCUT2D eigenvalue weighted by molar-refractivity contribution is 14.0. The van der Waals surface area contributed by atoms with Gasteiger partial charge in [-0.25, -0.2) is 15.0 Å². The van der Waals surface area contributed by atoms with Gasteiger partial charge in [-0.05, 0) is 0 Å². The predicted octanol–water partition coefficient (Wildman–Crippen LogP) is 2.87. The van der Waals surface area contributed by atoms with Gasteiger partial charge in [-0.1, -0.05) is 0 Å². The fourth-order valence-electron chi connectivity index (χ4n) is 2.26. The second-order valence-corrected chi connectivity index (χ2v) is 6.90. The zero-order chi connectivity index (χ0) is 17.2. The van der Waals surface area contributed by atoms with Gasteiger partial charge in [0.2, 0.25) is 0 Å². The first-order valence-corrected chi connectivity index (χ1v) is 8.90. The van der Waals surface area contributed by atoms with Gasteiger partial charge in [0.15, 0.2) is 16.8 Å². The number of guanidine groups is 1. The average Bonchev–Trinajstić information content (AvgIpc) is 3.23. The molecule has 1 fully saturated rings. The monoisotopic (exact) mass is 504 g/mol. The highest BCUT2D eigenvalue weighted by atomic mass is 127. The Morgan fingerprint density at radius 3 is 2.52 bits per heavy atom. The van der Waals surface area contributed by atoms with Crippen molar-refractivity contribution >= 4 is 57.7 Å². The Hall–Kier alpha value is -1.15. The van der Waals surface area contributed by atoms with Gasteiger partial charge in [0.05, 0.1) is 6.54 Å². The molecule has 2 aromatic heterocycles. The van der Waals surface area contributed by atoms with Gasteiger partial charge in [0.1, 0.15) is 5.01 Å². The summed E-state index contributed by atoms with van der Waals surface area (Å²) >= 11 is 2.52. The number of anilines is 1. The number of nitrogens with two attached hydrogens (primary N) is 1. The van der Waals surface area contributed by atoms with Crippen molar-refractivity contribution in [3.8, 4) is 0 Å². The number of aromatic nitrogens is 2. The Morgan fingerprint density at radius 2 is 1.96 bits per heavy atom. The third-order valence-corrected chi connectivity index (χ3v) is 5.18. The molecule has 1 aliphatic heterocycles. The Labute approximate surface area is 167 Å². The lowest BCUT2D eigenvalue weighted by molar-refractivity contribution is -0.140. The van der Waals surface area contributed by atoms with Gasteiger partial charge in [-0.3, -0.25) is 0 Å². The number of thiazole rings is 2. The van der Waals surface area contributed by atoms with E-state index in [1.54, 1.807) is 17.5 Å². The number of alkyl halides is 3. The lowest BCUT2D eigenvalue weighted by Crippen LogP contribution is -2.51. The fraction of sp³-hybridized carbons (Fsp3) is 0.462. The van der Waals surface area contributed by atoms with Crippen LogP contribution in [0.2, 0.25) is 0 Å². The summed E-state index contributed by atoms with van der Waals surface area (Å²) in [5, 5.41) is 4.20. The summed E-state index contributed by atoms with van der Waals surface area (Å²) in [4.78, 5) is 16.1. The van der Waals surface area contributed by atoms with Crippen LogP contribution in [-0.2, 0) is 12.7 Å². The molecule has 0 unspecified atom stereocenters. The number of halogens is 4. The summed E-state index contributed by atoms with van der Waals surface area (Å²) in [5.74, 6) is 0.331. The maximum Gasteiger partial charge on any atom is 0.434 e. The van der Waals surface area contributed by atoms with Crippen LogP contribution in [0.1, 0.15) is 10.7 Å². The summed E-state index contributed by atoms with van der Waals surface area (Å²) in [5.41, 5.74) is 5.07. The van der Waals surface area contributed by atoms with Crippen molar-refractivity contribution in [2.24, 2.45) is 10.7 Å². The van der Waals surface area contributed by atoms with Crippen molar-refractivity contribution in [3.05, 3.63) is 27.7 Å². The lowest BCUT2D eigenvalue weighted by Gasteiger charge is -2.35. The van der Waals surface area contributed by atoms with Crippen LogP contribution in [0.4, 0.5) is 18.3 Å². The van der Waals surface area contributed by atoms with E-state index in [2.05, 4.69) is 19.9 Å². The van der Waals surface area contributed by atoms with Gasteiger partial charge in [0.25, 0.3) is 0 Å². The standard InChI is InChI=1S/C13H15F3N6S2.HI/c14-13(15,16)9-8-24-10(20-9)7-19-11(17)21-2-4-22(5-3-21)12-18-1-6-23-12;/h1,6,8H,2-5,7H2,(H2,17,19);1H. The second-order valence-electron chi connectivity index (χ2n) is 5.09. The molecular formula is C13H16F3IN6S2. The third kappa shape index (κ3) is 5.17. The molecule has 2 aromatic rings. The number of aliphatic imine (C=N–C) groups is 1. The van der Waals surface area contributed by atoms with Crippen molar-refractivity contribution < 1.29 is 13.2 Å². The first kappa shape index (κ1) is 20.2. The van der Waals surface area contributed by atoms with Crippen molar-refractivity contribution in [2.45, 2.75) is 12.7 Å². The molecule has 12 heteroatoms. The molecule has 138 valence electrons. The Morgan fingerprint density at radius 1 is 1.24 bits per heavy atom. The van der Waals surface area contributed by atoms with E-state index in [0.29, 0.717) is 24.1 Å². The molecular weight excluding hydrogens is 488 g/mol. The van der Waals surface area contributed by atoms with Crippen LogP contribution in [0.5, 0.6) is 0 Å². The molecule has 0 saturated carbocycles. The summed E-state index contributed by atoms with van der Waals surface area (Å²) in [6, 6.07) is 0. The van der Waals surface area contributed by atoms with Crippen LogP contribution in [0.25, 0.3) is 0 Å². The summed E-state index contributed by atoms with van der Waals surface area (Å²) in [6.45, 7) is 3.00. The minimum atomic E-state index is -4.42. The van der Waals surface area contributed by atoms with Crippen LogP contribution >= 0.6 is 46.7 Å². The van der Waals surface area contributed by atoms with E-state index in [9.17, 15) is 13.2 Å². The molecule has 0 radical (unpaired) electrons. The number of hydrogen-bond donors (Lipinski definition) is 1. The maximum absolute atomic E-state index is 12.5. The molecule has 3 rings (SSSR count). The van der Waals surface area contributed by atoms with Crippen LogP contribution in [0.15, 0.2) is 21.9 Å². The van der Waals surface area contributed by atoms with Crippen LogP contribution in [0, 0.1) is 0 Å². The fourth-order valence-corrected chi connectivity index (χ4v) is 3.68. The molecule has 1 saturated heterocycles. The van der Waals surface area contributed by atoms with Crippen molar-refractivity contribution in [3.63, 3.8) is 0 Å². The average molecular weight is 504 g/mol. The SMILES string of the molecule is I.NC(=NCc1nc(C(F)(F)F)cs1)N1CCN(c2nccs2)CC1. The minimum Gasteiger partial charge on any atom is -0.370 e. The molecule has 0 atom stereocenters. The molecule has 0 spiro atoms. The molecule has 6 nitrogen and oxygen atoms in total. The molecule has 0 bridgehead atoms. The lowest BCUT2D eigenvalue weighted by atomic mass is 10.3. The third-order valence-electron chi connectivity index (χ3n) is 3.51. The molecule has 0 aliphatic carbocycles. The Balaban J connectivity index is 0.00000225. The van der Waals surface area contributed by atoms with Gasteiger partial charge >= 0.3 is 6.18 Å². The molecule has 3 heterocycles. The second kappa shape index (κ2) is 8.49. The van der Waals surface area contributed by atoms with Crippen molar-refractivity contribution in [1.29, 1.82) is 0 Å². The summed E-state index contributed by atoms with van der Waals surface area (Å²) < 4.78 is 37.5. The molecule has 25 heavy (non-hydrogen) atoms. The van der Waals surface area contributed by atoms with Crippen molar-refractivity contribution in [1.82, 2.24) is 14.9 Å². The molecule has 2 N–H and O–H groups in total. The molecule has 0 amide bonds. The van der Waals surface area contributed by atoms with E-state index in [0.717, 1.165) is 34.9 Å². The van der Waals surface area contributed by atoms with E-state index >= 15 is 0 Å². The number of piperazine rings is 1. The Kier molecular flexibility index (Phi) is 6.85. The Bertz CT molecular complexity index is 695. The number of hydrogen-bond acceptors (Lipinski definition) is 6. The maximum atomic E-state index is 12.5. The highest BCUT2D eigenvalue weighted by Gasteiger charge is 2.33. The number of rotatable bonds is 3. The summed E-state index contributed by atoms with van der Waals surface area (Å²) in [6.07, 6.45) is -2.65. The van der Waals surface area contributed by atoms with Crippen LogP contribution < -0.4 is 10.6 Å². The zero-order valence-electron chi connectivity index (χ0n) is 12.9. The molecule has 1 aliphatic rings. The van der Waals surface area contributed by atoms with E-state index in [1.807, 2.05) is 10.3 Å². The largest absolute Gasteiger partial charge is 0.434 e. The van der Waals surface area contributed by atoms with E-state index in [1.165, 1.54) is 0 Å². The van der Waals surface area contributed by atoms with E-state index in [-0.39, 0.29) is 30.5 Å². The minimum absolute atomic E-state index is 0. The van der Waals surface area contributed by atoms with Gasteiger partial charge in [0, 0.05) is 43.1 Å². The van der Waals surface area contributed by atoms with Crippen LogP contribution in [0.3, 0.4) is 0 Å². The normalized spacial score (nSPS) is 16.0. The first-order chi connectivity index (χ1) is 11.4. The smallest absolute Gasteiger partial charge is 0.370 e. The summed E-state index contributed by atoms with van der Waals surface area (Å²) in [7, 11) is 0. The van der Waals surface area contributed by atoms with Gasteiger partial charge < -0.3 is 15.5 Å². The van der Waals surface area contributed by atoms with Crippen LogP contribution in [-0.4, -0.2) is 47.0 Å². The van der Waals surface area contributed by atoms with Crippen molar-refractivity contribution in [2.75, 3.05) is 31.1 Å². The van der Waals surface area contributed by atoms with E-state index < -0.39 is 11.9 Å². The molecule has 0 aromatic carbocycles. The number of nitrogens with zero attached hydrogens (tertiary/aromatic N) is 5. The van der Waals surface area contributed by atoms with Gasteiger partial charge in [-0.15, -0.1) is 46.7 Å². The zero-order valence-corrected chi connectivity index (χ0v) is 16.9. The quantitative estimate of drug-likeness (QED) is 0.396.